The van der Waals surface area contributed by atoms with Gasteiger partial charge in [0.2, 0.25) is 6.04 Å². The van der Waals surface area contributed by atoms with Gasteiger partial charge in [-0.2, -0.15) is 0 Å². The summed E-state index contributed by atoms with van der Waals surface area (Å²) >= 11 is 1.36. The maximum atomic E-state index is 10.6. The first-order valence-corrected chi connectivity index (χ1v) is 4.15. The molecule has 3 atom stereocenters. The monoisotopic (exact) mass is 175 g/mol. The lowest BCUT2D eigenvalue weighted by Crippen LogP contribution is -2.49. The molecule has 0 aromatic carbocycles. The van der Waals surface area contributed by atoms with Gasteiger partial charge in [-0.1, -0.05) is 8.90 Å². The van der Waals surface area contributed by atoms with Crippen molar-refractivity contribution in [3.05, 3.63) is 4.91 Å². The van der Waals surface area contributed by atoms with Crippen molar-refractivity contribution >= 4 is 17.9 Å². The molecule has 60 valence electrons. The van der Waals surface area contributed by atoms with Crippen LogP contribution in [0.25, 0.3) is 0 Å². The topological polar surface area (TPSA) is 66.7 Å². The molecule has 3 aliphatic rings. The highest BCUT2D eigenvalue weighted by atomic mass is 32.2. The summed E-state index contributed by atoms with van der Waals surface area (Å²) in [5, 5.41) is 11.9. The van der Waals surface area contributed by atoms with Crippen LogP contribution in [0.15, 0.2) is 5.29 Å². The van der Waals surface area contributed by atoms with Crippen LogP contribution in [0, 0.1) is 4.91 Å². The number of aliphatic carboxylic acids is 1. The number of hydrogen-bond donors (Lipinski definition) is 1. The minimum atomic E-state index is -0.905. The number of quaternary nitrogens is 1. The summed E-state index contributed by atoms with van der Waals surface area (Å²) in [7, 11) is 0. The third kappa shape index (κ3) is 0.734. The first kappa shape index (κ1) is 7.05. The van der Waals surface area contributed by atoms with Gasteiger partial charge in [0, 0.05) is 6.42 Å². The molecule has 3 aliphatic heterocycles. The van der Waals surface area contributed by atoms with Crippen LogP contribution in [-0.2, 0) is 4.79 Å². The molecule has 11 heavy (non-hydrogen) atoms. The minimum Gasteiger partial charge on any atom is -0.477 e. The van der Waals surface area contributed by atoms with E-state index in [1.54, 1.807) is 0 Å². The summed E-state index contributed by atoms with van der Waals surface area (Å²) in [4.78, 5) is 20.9. The van der Waals surface area contributed by atoms with Crippen molar-refractivity contribution in [2.45, 2.75) is 17.7 Å². The molecule has 5 nitrogen and oxygen atoms in total. The van der Waals surface area contributed by atoms with Crippen molar-refractivity contribution in [3.63, 3.8) is 0 Å². The Labute approximate surface area is 67.0 Å². The van der Waals surface area contributed by atoms with E-state index >= 15 is 0 Å². The zero-order chi connectivity index (χ0) is 8.06. The van der Waals surface area contributed by atoms with E-state index in [1.807, 2.05) is 0 Å². The summed E-state index contributed by atoms with van der Waals surface area (Å²) in [6, 6.07) is -0.595. The summed E-state index contributed by atoms with van der Waals surface area (Å²) in [5.74, 6) is -0.905. The molecule has 6 heteroatoms. The van der Waals surface area contributed by atoms with Crippen LogP contribution in [-0.4, -0.2) is 32.9 Å². The average molecular weight is 175 g/mol. The van der Waals surface area contributed by atoms with E-state index in [0.717, 1.165) is 0 Å². The number of carboxylic acid groups (broad SMARTS) is 1. The second-order valence-electron chi connectivity index (χ2n) is 2.84. The van der Waals surface area contributed by atoms with E-state index in [0.29, 0.717) is 18.2 Å². The molecule has 3 heterocycles. The van der Waals surface area contributed by atoms with Crippen LogP contribution >= 0.6 is 11.9 Å². The number of nitroso groups, excluding NO2 is 1. The van der Waals surface area contributed by atoms with E-state index in [1.165, 1.54) is 11.9 Å². The lowest BCUT2D eigenvalue weighted by atomic mass is 10.2. The molecule has 3 fully saturated rings. The van der Waals surface area contributed by atoms with E-state index < -0.39 is 12.0 Å². The van der Waals surface area contributed by atoms with Gasteiger partial charge < -0.3 is 5.11 Å². The largest absolute Gasteiger partial charge is 0.477 e. The molecule has 3 saturated heterocycles. The predicted octanol–water partition coefficient (Wildman–Crippen LogP) is 0.372. The van der Waals surface area contributed by atoms with Gasteiger partial charge in [-0.05, 0) is 0 Å². The van der Waals surface area contributed by atoms with Crippen molar-refractivity contribution in [3.8, 4) is 0 Å². The number of rotatable bonds is 2. The van der Waals surface area contributed by atoms with Crippen LogP contribution in [0.4, 0.5) is 0 Å². The van der Waals surface area contributed by atoms with Crippen LogP contribution < -0.4 is 0 Å². The molecule has 0 aromatic rings. The van der Waals surface area contributed by atoms with Crippen LogP contribution in [0.1, 0.15) is 6.42 Å². The van der Waals surface area contributed by atoms with Gasteiger partial charge in [-0.3, -0.25) is 0 Å². The summed E-state index contributed by atoms with van der Waals surface area (Å²) in [6.07, 6.45) is 0.589. The Kier molecular flexibility index (Phi) is 1.25. The second kappa shape index (κ2) is 1.95. The normalized spacial score (nSPS) is 46.5. The third-order valence-electron chi connectivity index (χ3n) is 2.19. The number of nitrogens with zero attached hydrogens (tertiary/aromatic N) is 2. The maximum absolute atomic E-state index is 10.6. The molecular formula is C5H7N2O3S+. The quantitative estimate of drug-likeness (QED) is 0.374. The Balaban J connectivity index is 2.24. The maximum Gasteiger partial charge on any atom is 0.366 e. The van der Waals surface area contributed by atoms with Gasteiger partial charge in [0.15, 0.2) is 5.29 Å². The highest BCUT2D eigenvalue weighted by Gasteiger charge is 2.66. The fourth-order valence-corrected chi connectivity index (χ4v) is 3.10. The third-order valence-corrected chi connectivity index (χ3v) is 3.67. The summed E-state index contributed by atoms with van der Waals surface area (Å²) < 4.78 is -0.153. The molecule has 0 amide bonds. The zero-order valence-corrected chi connectivity index (χ0v) is 6.45. The van der Waals surface area contributed by atoms with Crippen molar-refractivity contribution in [2.75, 3.05) is 6.54 Å². The molecular weight excluding hydrogens is 168 g/mol. The fraction of sp³-hybridized carbons (Fsp3) is 0.800. The zero-order valence-electron chi connectivity index (χ0n) is 5.64. The highest BCUT2D eigenvalue weighted by Crippen LogP contribution is 2.53. The van der Waals surface area contributed by atoms with Gasteiger partial charge in [-0.15, -0.1) is 0 Å². The van der Waals surface area contributed by atoms with Gasteiger partial charge >= 0.3 is 5.97 Å². The molecule has 0 aliphatic carbocycles. The molecule has 0 spiro atoms. The Hall–Kier alpha value is -0.620. The molecule has 0 radical (unpaired) electrons. The van der Waals surface area contributed by atoms with E-state index in [-0.39, 0.29) is 4.00 Å². The highest BCUT2D eigenvalue weighted by molar-refractivity contribution is 7.95. The SMILES string of the molecule is O=N[N+]12CC(C[C@H]1C(=O)O)S2. The minimum absolute atomic E-state index is 0.153. The lowest BCUT2D eigenvalue weighted by Gasteiger charge is -2.29. The summed E-state index contributed by atoms with van der Waals surface area (Å²) in [5.41, 5.74) is 0. The Morgan fingerprint density at radius 3 is 2.73 bits per heavy atom. The fourth-order valence-electron chi connectivity index (χ4n) is 1.66. The van der Waals surface area contributed by atoms with Gasteiger partial charge in [-0.25, -0.2) is 4.79 Å². The first-order valence-electron chi connectivity index (χ1n) is 3.32. The van der Waals surface area contributed by atoms with Crippen molar-refractivity contribution in [2.24, 2.45) is 5.29 Å². The van der Waals surface area contributed by atoms with Gasteiger partial charge in [0.1, 0.15) is 23.7 Å². The Morgan fingerprint density at radius 2 is 2.36 bits per heavy atom. The van der Waals surface area contributed by atoms with Crippen molar-refractivity contribution in [1.82, 2.24) is 0 Å². The molecule has 1 N–H and O–H groups in total. The number of carbonyl (C=O) groups is 1. The van der Waals surface area contributed by atoms with E-state index in [2.05, 4.69) is 5.29 Å². The lowest BCUT2D eigenvalue weighted by molar-refractivity contribution is -0.819. The van der Waals surface area contributed by atoms with Gasteiger partial charge in [0.05, 0.1) is 0 Å². The number of carboxylic acids is 1. The van der Waals surface area contributed by atoms with E-state index in [4.69, 9.17) is 5.11 Å². The molecule has 2 bridgehead atoms. The van der Waals surface area contributed by atoms with Gasteiger partial charge in [0.25, 0.3) is 0 Å². The molecule has 0 saturated carbocycles. The average Bonchev–Trinajstić information content (AvgIpc) is 2.37. The van der Waals surface area contributed by atoms with Crippen LogP contribution in [0.2, 0.25) is 0 Å². The standard InChI is InChI=1S/C5H6N2O3S/c8-5(9)4-1-3-2-7(4,6-10)11-3/h3-4H,1-2H2/p+1/t3?,4-,7?/m0/s1. The molecule has 3 rings (SSSR count). The smallest absolute Gasteiger partial charge is 0.366 e. The van der Waals surface area contributed by atoms with Crippen molar-refractivity contribution in [1.29, 1.82) is 0 Å². The predicted molar refractivity (Wildman–Crippen MR) is 38.3 cm³/mol. The summed E-state index contributed by atoms with van der Waals surface area (Å²) in [6.45, 7) is 0.602. The molecule has 0 aromatic heterocycles. The second-order valence-corrected chi connectivity index (χ2v) is 4.35. The number of hydrogen-bond acceptors (Lipinski definition) is 4. The first-order chi connectivity index (χ1) is 5.18. The Morgan fingerprint density at radius 1 is 1.73 bits per heavy atom. The van der Waals surface area contributed by atoms with Crippen LogP contribution in [0.5, 0.6) is 0 Å². The molecule has 2 unspecified atom stereocenters. The number of fused-ring (bicyclic) bond motifs is 1. The Bertz CT molecular complexity index is 226. The van der Waals surface area contributed by atoms with Crippen molar-refractivity contribution < 1.29 is 13.9 Å². The van der Waals surface area contributed by atoms with Crippen LogP contribution in [0.3, 0.4) is 0 Å². The van der Waals surface area contributed by atoms with E-state index in [9.17, 15) is 9.70 Å².